The Kier molecular flexibility index (Phi) is 8.01. The van der Waals surface area contributed by atoms with E-state index in [1.54, 1.807) is 0 Å². The van der Waals surface area contributed by atoms with Crippen LogP contribution in [0.1, 0.15) is 52.7 Å². The molecule has 7 nitrogen and oxygen atoms in total. The molecule has 4 heterocycles. The topological polar surface area (TPSA) is 65.3 Å². The van der Waals surface area contributed by atoms with Crippen LogP contribution in [-0.4, -0.2) is 29.1 Å². The third-order valence-electron chi connectivity index (χ3n) is 10.6. The fourth-order valence-electron chi connectivity index (χ4n) is 7.51. The normalized spacial score (nSPS) is 12.3. The van der Waals surface area contributed by atoms with E-state index in [-0.39, 0.29) is 10.8 Å². The van der Waals surface area contributed by atoms with Gasteiger partial charge < -0.3 is 0 Å². The Morgan fingerprint density at radius 3 is 1.85 bits per heavy atom. The minimum Gasteiger partial charge on any atom is -0.294 e. The second-order valence-corrected chi connectivity index (χ2v) is 16.5. The molecule has 0 N–H and O–H groups in total. The first-order chi connectivity index (χ1) is 26.4. The molecule has 0 saturated carbocycles. The van der Waals surface area contributed by atoms with E-state index in [1.165, 1.54) is 16.5 Å². The standard InChI is InChI=1S/C48H44N7/c1-47(2,3)34-22-19-31(20-23-34)44-50-45(32-13-12-14-36(27-32)54-30-53(7)40-17-10-11-18-41(40)54)52-46(51-44)33-21-24-38-37-15-8-9-16-39(37)55(42(38)28-33)43-29-35(25-26-49-43)48(4,5)6/h8-30H,1-7H3/q+1. The van der Waals surface area contributed by atoms with E-state index in [2.05, 4.69) is 196 Å². The molecule has 0 unspecified atom stereocenters. The summed E-state index contributed by atoms with van der Waals surface area (Å²) in [5.41, 5.74) is 10.7. The molecular weight excluding hydrogens is 675 g/mol. The predicted molar refractivity (Wildman–Crippen MR) is 224 cm³/mol. The van der Waals surface area contributed by atoms with Gasteiger partial charge in [0.15, 0.2) is 28.5 Å². The highest BCUT2D eigenvalue weighted by molar-refractivity contribution is 6.10. The Bertz CT molecular complexity index is 2900. The van der Waals surface area contributed by atoms with Crippen molar-refractivity contribution < 1.29 is 4.57 Å². The summed E-state index contributed by atoms with van der Waals surface area (Å²) >= 11 is 0. The minimum absolute atomic E-state index is 0.0200. The summed E-state index contributed by atoms with van der Waals surface area (Å²) in [6.45, 7) is 13.4. The van der Waals surface area contributed by atoms with Gasteiger partial charge in [0.1, 0.15) is 11.5 Å². The number of fused-ring (bicyclic) bond motifs is 4. The maximum atomic E-state index is 5.21. The maximum absolute atomic E-state index is 5.21. The number of hydrogen-bond donors (Lipinski definition) is 0. The van der Waals surface area contributed by atoms with Gasteiger partial charge in [-0.25, -0.2) is 24.5 Å². The third-order valence-corrected chi connectivity index (χ3v) is 10.6. The Balaban J connectivity index is 1.24. The number of aryl methyl sites for hydroxylation is 1. The highest BCUT2D eigenvalue weighted by Crippen LogP contribution is 2.36. The Morgan fingerprint density at radius 1 is 0.509 bits per heavy atom. The van der Waals surface area contributed by atoms with Gasteiger partial charge in [-0.1, -0.05) is 120 Å². The molecule has 0 saturated heterocycles. The van der Waals surface area contributed by atoms with Crippen molar-refractivity contribution in [2.75, 3.05) is 0 Å². The lowest BCUT2D eigenvalue weighted by Crippen LogP contribution is -2.25. The van der Waals surface area contributed by atoms with Crippen LogP contribution in [0.4, 0.5) is 0 Å². The van der Waals surface area contributed by atoms with Crippen molar-refractivity contribution in [2.24, 2.45) is 7.05 Å². The van der Waals surface area contributed by atoms with Gasteiger partial charge in [-0.3, -0.25) is 4.57 Å². The molecule has 270 valence electrons. The van der Waals surface area contributed by atoms with Gasteiger partial charge in [0.25, 0.3) is 0 Å². The highest BCUT2D eigenvalue weighted by atomic mass is 15.1. The zero-order valence-corrected chi connectivity index (χ0v) is 32.4. The molecule has 0 aliphatic heterocycles. The van der Waals surface area contributed by atoms with E-state index in [0.717, 1.165) is 55.6 Å². The molecular formula is C48H44N7+. The van der Waals surface area contributed by atoms with Crippen LogP contribution in [0.3, 0.4) is 0 Å². The summed E-state index contributed by atoms with van der Waals surface area (Å²) in [4.78, 5) is 20.4. The number of benzene rings is 5. The van der Waals surface area contributed by atoms with Gasteiger partial charge in [-0.2, -0.15) is 4.57 Å². The lowest BCUT2D eigenvalue weighted by atomic mass is 9.87. The average Bonchev–Trinajstić information content (AvgIpc) is 3.71. The fourth-order valence-corrected chi connectivity index (χ4v) is 7.51. The van der Waals surface area contributed by atoms with Gasteiger partial charge in [-0.15, -0.1) is 0 Å². The van der Waals surface area contributed by atoms with Crippen molar-refractivity contribution in [2.45, 2.75) is 52.4 Å². The zero-order chi connectivity index (χ0) is 38.1. The largest absolute Gasteiger partial charge is 0.294 e. The summed E-state index contributed by atoms with van der Waals surface area (Å²) in [6, 6.07) is 44.9. The Hall–Kier alpha value is -6.47. The summed E-state index contributed by atoms with van der Waals surface area (Å²) < 4.78 is 6.62. The van der Waals surface area contributed by atoms with Gasteiger partial charge in [0.05, 0.1) is 18.1 Å². The SMILES string of the molecule is C[n+]1cn(-c2cccc(-c3nc(-c4ccc(C(C)(C)C)cc4)nc(-c4ccc5c6ccccc6n(-c6cc(C(C)(C)C)ccn6)c5c4)n3)c2)c2ccccc21. The zero-order valence-electron chi connectivity index (χ0n) is 32.4. The van der Waals surface area contributed by atoms with Crippen LogP contribution in [0.25, 0.3) is 78.5 Å². The van der Waals surface area contributed by atoms with E-state index >= 15 is 0 Å². The summed E-state index contributed by atoms with van der Waals surface area (Å²) in [7, 11) is 2.08. The van der Waals surface area contributed by atoms with Crippen LogP contribution in [-0.2, 0) is 17.9 Å². The molecule has 0 amide bonds. The summed E-state index contributed by atoms with van der Waals surface area (Å²) in [5.74, 6) is 2.74. The van der Waals surface area contributed by atoms with Crippen molar-refractivity contribution >= 4 is 32.8 Å². The van der Waals surface area contributed by atoms with E-state index < -0.39 is 0 Å². The van der Waals surface area contributed by atoms with Gasteiger partial charge in [-0.05, 0) is 70.5 Å². The lowest BCUT2D eigenvalue weighted by Gasteiger charge is -2.20. The number of nitrogens with zero attached hydrogens (tertiary/aromatic N) is 7. The monoisotopic (exact) mass is 718 g/mol. The van der Waals surface area contributed by atoms with Crippen LogP contribution < -0.4 is 4.57 Å². The molecule has 55 heavy (non-hydrogen) atoms. The van der Waals surface area contributed by atoms with Gasteiger partial charge >= 0.3 is 0 Å². The quantitative estimate of drug-likeness (QED) is 0.166. The molecule has 0 spiro atoms. The first kappa shape index (κ1) is 34.3. The third kappa shape index (κ3) is 6.15. The van der Waals surface area contributed by atoms with Crippen LogP contribution in [0, 0.1) is 0 Å². The second-order valence-electron chi connectivity index (χ2n) is 16.5. The van der Waals surface area contributed by atoms with Crippen molar-refractivity contribution in [1.29, 1.82) is 0 Å². The molecule has 7 heteroatoms. The van der Waals surface area contributed by atoms with Gasteiger partial charge in [0, 0.05) is 33.7 Å². The average molecular weight is 719 g/mol. The molecule has 0 radical (unpaired) electrons. The molecule has 0 fully saturated rings. The van der Waals surface area contributed by atoms with E-state index in [9.17, 15) is 0 Å². The number of para-hydroxylation sites is 3. The first-order valence-corrected chi connectivity index (χ1v) is 18.9. The van der Waals surface area contributed by atoms with Crippen molar-refractivity contribution in [3.8, 4) is 45.7 Å². The number of aromatic nitrogens is 7. The maximum Gasteiger partial charge on any atom is 0.249 e. The molecule has 0 aliphatic rings. The van der Waals surface area contributed by atoms with Crippen LogP contribution >= 0.6 is 0 Å². The van der Waals surface area contributed by atoms with Crippen LogP contribution in [0.2, 0.25) is 0 Å². The van der Waals surface area contributed by atoms with Crippen molar-refractivity contribution in [3.63, 3.8) is 0 Å². The minimum atomic E-state index is -0.0200. The number of hydrogen-bond acceptors (Lipinski definition) is 4. The molecule has 0 bridgehead atoms. The molecule has 9 aromatic rings. The smallest absolute Gasteiger partial charge is 0.249 e. The fraction of sp³-hybridized carbons (Fsp3) is 0.188. The predicted octanol–water partition coefficient (Wildman–Crippen LogP) is 10.7. The summed E-state index contributed by atoms with van der Waals surface area (Å²) in [5, 5.41) is 2.32. The lowest BCUT2D eigenvalue weighted by molar-refractivity contribution is -0.645. The summed E-state index contributed by atoms with van der Waals surface area (Å²) in [6.07, 6.45) is 4.03. The van der Waals surface area contributed by atoms with E-state index in [4.69, 9.17) is 19.9 Å². The van der Waals surface area contributed by atoms with Gasteiger partial charge in [0.2, 0.25) is 6.33 Å². The Morgan fingerprint density at radius 2 is 1.13 bits per heavy atom. The molecule has 9 rings (SSSR count). The van der Waals surface area contributed by atoms with Crippen molar-refractivity contribution in [1.82, 2.24) is 29.1 Å². The highest BCUT2D eigenvalue weighted by Gasteiger charge is 2.21. The molecule has 0 aliphatic carbocycles. The molecule has 4 aromatic heterocycles. The molecule has 0 atom stereocenters. The number of rotatable bonds is 5. The van der Waals surface area contributed by atoms with Crippen molar-refractivity contribution in [3.05, 3.63) is 151 Å². The first-order valence-electron chi connectivity index (χ1n) is 18.9. The van der Waals surface area contributed by atoms with E-state index in [0.29, 0.717) is 17.5 Å². The number of imidazole rings is 1. The number of pyridine rings is 1. The van der Waals surface area contributed by atoms with Crippen LogP contribution in [0.15, 0.2) is 140 Å². The molecule has 5 aromatic carbocycles. The van der Waals surface area contributed by atoms with E-state index in [1.807, 2.05) is 6.20 Å². The Labute approximate surface area is 321 Å². The second kappa shape index (κ2) is 12.8. The van der Waals surface area contributed by atoms with Crippen LogP contribution in [0.5, 0.6) is 0 Å².